The molecule has 0 heterocycles. The Hall–Kier alpha value is -3.12. The smallest absolute Gasteiger partial charge is 0.278 e. The van der Waals surface area contributed by atoms with Gasteiger partial charge in [-0.05, 0) is 80.6 Å². The van der Waals surface area contributed by atoms with Gasteiger partial charge in [0.05, 0.1) is 10.6 Å². The van der Waals surface area contributed by atoms with Gasteiger partial charge in [-0.2, -0.15) is 4.31 Å². The SMILES string of the molecule is Cc1ccc(C)c(N(C(=O)COc2c(C)ccc(C)c2C)S(=O)(=O)c2ccccc2)c1. The number of ether oxygens (including phenoxy) is 1. The summed E-state index contributed by atoms with van der Waals surface area (Å²) in [5.41, 5.74) is 4.72. The molecule has 0 saturated heterocycles. The van der Waals surface area contributed by atoms with E-state index < -0.39 is 22.5 Å². The fraction of sp³-hybridized carbons (Fsp3) is 0.240. The number of carbonyl (C=O) groups is 1. The van der Waals surface area contributed by atoms with Crippen molar-refractivity contribution < 1.29 is 17.9 Å². The van der Waals surface area contributed by atoms with Crippen LogP contribution >= 0.6 is 0 Å². The minimum atomic E-state index is -4.12. The molecule has 0 atom stereocenters. The molecule has 0 aromatic heterocycles. The van der Waals surface area contributed by atoms with Crippen molar-refractivity contribution in [2.75, 3.05) is 10.9 Å². The van der Waals surface area contributed by atoms with Crippen LogP contribution < -0.4 is 9.04 Å². The summed E-state index contributed by atoms with van der Waals surface area (Å²) in [4.78, 5) is 13.4. The Morgan fingerprint density at radius 2 is 1.45 bits per heavy atom. The van der Waals surface area contributed by atoms with Gasteiger partial charge in [-0.3, -0.25) is 4.79 Å². The molecule has 0 spiro atoms. The zero-order valence-corrected chi connectivity index (χ0v) is 19.3. The van der Waals surface area contributed by atoms with E-state index in [-0.39, 0.29) is 4.90 Å². The maximum atomic E-state index is 13.5. The highest BCUT2D eigenvalue weighted by Crippen LogP contribution is 2.30. The average molecular weight is 438 g/mol. The van der Waals surface area contributed by atoms with Crippen molar-refractivity contribution in [2.24, 2.45) is 0 Å². The van der Waals surface area contributed by atoms with Crippen LogP contribution in [0, 0.1) is 34.6 Å². The molecule has 162 valence electrons. The lowest BCUT2D eigenvalue weighted by Crippen LogP contribution is -2.40. The lowest BCUT2D eigenvalue weighted by Gasteiger charge is -2.25. The first-order chi connectivity index (χ1) is 14.6. The van der Waals surface area contributed by atoms with Crippen molar-refractivity contribution in [3.63, 3.8) is 0 Å². The molecule has 0 N–H and O–H groups in total. The molecule has 31 heavy (non-hydrogen) atoms. The molecular formula is C25H27NO4S. The highest BCUT2D eigenvalue weighted by Gasteiger charge is 2.32. The van der Waals surface area contributed by atoms with Gasteiger partial charge in [-0.1, -0.05) is 42.5 Å². The van der Waals surface area contributed by atoms with Crippen LogP contribution in [0.2, 0.25) is 0 Å². The van der Waals surface area contributed by atoms with Crippen LogP contribution in [0.5, 0.6) is 5.75 Å². The monoisotopic (exact) mass is 437 g/mol. The van der Waals surface area contributed by atoms with Crippen LogP contribution in [0.15, 0.2) is 65.6 Å². The molecule has 0 aliphatic heterocycles. The summed E-state index contributed by atoms with van der Waals surface area (Å²) in [6.45, 7) is 9.03. The van der Waals surface area contributed by atoms with Crippen molar-refractivity contribution >= 4 is 21.6 Å². The quantitative estimate of drug-likeness (QED) is 0.543. The van der Waals surface area contributed by atoms with Crippen molar-refractivity contribution in [3.05, 3.63) is 88.5 Å². The third-order valence-corrected chi connectivity index (χ3v) is 7.05. The fourth-order valence-electron chi connectivity index (χ4n) is 3.37. The van der Waals surface area contributed by atoms with Crippen LogP contribution in [-0.2, 0) is 14.8 Å². The van der Waals surface area contributed by atoms with E-state index in [1.54, 1.807) is 37.3 Å². The van der Waals surface area contributed by atoms with Gasteiger partial charge < -0.3 is 4.74 Å². The molecule has 1 amide bonds. The van der Waals surface area contributed by atoms with Crippen LogP contribution in [0.1, 0.15) is 27.8 Å². The van der Waals surface area contributed by atoms with Gasteiger partial charge in [0, 0.05) is 0 Å². The second-order valence-electron chi connectivity index (χ2n) is 7.71. The molecule has 3 rings (SSSR count). The number of aryl methyl sites for hydroxylation is 4. The third-order valence-electron chi connectivity index (χ3n) is 5.30. The van der Waals surface area contributed by atoms with E-state index >= 15 is 0 Å². The Morgan fingerprint density at radius 1 is 0.839 bits per heavy atom. The minimum absolute atomic E-state index is 0.0483. The molecule has 0 fully saturated rings. The maximum absolute atomic E-state index is 13.5. The minimum Gasteiger partial charge on any atom is -0.483 e. The maximum Gasteiger partial charge on any atom is 0.278 e. The standard InChI is InChI=1S/C25H27NO4S/c1-17-11-12-19(3)23(15-17)26(31(28,29)22-9-7-6-8-10-22)24(27)16-30-25-20(4)14-13-18(2)21(25)5/h6-15H,16H2,1-5H3. The van der Waals surface area contributed by atoms with Crippen LogP contribution in [0.25, 0.3) is 0 Å². The number of hydrogen-bond acceptors (Lipinski definition) is 4. The predicted octanol–water partition coefficient (Wildman–Crippen LogP) is 5.03. The van der Waals surface area contributed by atoms with Gasteiger partial charge >= 0.3 is 0 Å². The van der Waals surface area contributed by atoms with E-state index in [2.05, 4.69) is 0 Å². The first-order valence-corrected chi connectivity index (χ1v) is 11.5. The van der Waals surface area contributed by atoms with E-state index in [1.807, 2.05) is 45.9 Å². The Bertz CT molecular complexity index is 1220. The third kappa shape index (κ3) is 4.64. The second-order valence-corrected chi connectivity index (χ2v) is 9.50. The second kappa shape index (κ2) is 8.94. The molecule has 3 aromatic rings. The first-order valence-electron chi connectivity index (χ1n) is 10.0. The molecule has 3 aromatic carbocycles. The van der Waals surface area contributed by atoms with E-state index in [4.69, 9.17) is 4.74 Å². The summed E-state index contributed by atoms with van der Waals surface area (Å²) in [7, 11) is -4.12. The van der Waals surface area contributed by atoms with Crippen LogP contribution in [0.3, 0.4) is 0 Å². The summed E-state index contributed by atoms with van der Waals surface area (Å²) < 4.78 is 33.7. The number of benzene rings is 3. The van der Waals surface area contributed by atoms with Gasteiger partial charge in [-0.15, -0.1) is 0 Å². The number of rotatable bonds is 6. The molecule has 0 saturated carbocycles. The number of carbonyl (C=O) groups excluding carboxylic acids is 1. The summed E-state index contributed by atoms with van der Waals surface area (Å²) in [5, 5.41) is 0. The van der Waals surface area contributed by atoms with Gasteiger partial charge in [0.25, 0.3) is 15.9 Å². The summed E-state index contributed by atoms with van der Waals surface area (Å²) in [6.07, 6.45) is 0. The molecular weight excluding hydrogens is 410 g/mol. The topological polar surface area (TPSA) is 63.7 Å². The van der Waals surface area contributed by atoms with Crippen LogP contribution in [-0.4, -0.2) is 20.9 Å². The van der Waals surface area contributed by atoms with Crippen molar-refractivity contribution in [1.29, 1.82) is 0 Å². The Balaban J connectivity index is 2.04. The molecule has 0 bridgehead atoms. The fourth-order valence-corrected chi connectivity index (χ4v) is 4.86. The normalized spacial score (nSPS) is 11.3. The number of sulfonamides is 1. The lowest BCUT2D eigenvalue weighted by atomic mass is 10.1. The number of nitrogens with zero attached hydrogens (tertiary/aromatic N) is 1. The van der Waals surface area contributed by atoms with Crippen molar-refractivity contribution in [1.82, 2.24) is 0 Å². The van der Waals surface area contributed by atoms with Gasteiger partial charge in [0.1, 0.15) is 5.75 Å². The molecule has 6 heteroatoms. The predicted molar refractivity (Wildman–Crippen MR) is 123 cm³/mol. The Labute approximate surface area is 184 Å². The largest absolute Gasteiger partial charge is 0.483 e. The zero-order chi connectivity index (χ0) is 22.8. The molecule has 5 nitrogen and oxygen atoms in total. The first kappa shape index (κ1) is 22.6. The highest BCUT2D eigenvalue weighted by atomic mass is 32.2. The van der Waals surface area contributed by atoms with E-state index in [0.717, 1.165) is 26.6 Å². The number of amides is 1. The van der Waals surface area contributed by atoms with Gasteiger partial charge in [0.15, 0.2) is 6.61 Å². The molecule has 0 aliphatic rings. The highest BCUT2D eigenvalue weighted by molar-refractivity contribution is 7.93. The number of hydrogen-bond donors (Lipinski definition) is 0. The lowest BCUT2D eigenvalue weighted by molar-refractivity contribution is -0.119. The summed E-state index contributed by atoms with van der Waals surface area (Å²) >= 11 is 0. The molecule has 0 aliphatic carbocycles. The van der Waals surface area contributed by atoms with Crippen molar-refractivity contribution in [2.45, 2.75) is 39.5 Å². The van der Waals surface area contributed by atoms with E-state index in [9.17, 15) is 13.2 Å². The summed E-state index contributed by atoms with van der Waals surface area (Å²) in [6, 6.07) is 17.3. The van der Waals surface area contributed by atoms with E-state index in [0.29, 0.717) is 17.0 Å². The molecule has 0 unspecified atom stereocenters. The molecule has 0 radical (unpaired) electrons. The Morgan fingerprint density at radius 3 is 2.13 bits per heavy atom. The summed E-state index contributed by atoms with van der Waals surface area (Å²) in [5.74, 6) is -0.0516. The van der Waals surface area contributed by atoms with E-state index in [1.165, 1.54) is 12.1 Å². The average Bonchev–Trinajstić information content (AvgIpc) is 2.74. The van der Waals surface area contributed by atoms with Gasteiger partial charge in [0.2, 0.25) is 0 Å². The van der Waals surface area contributed by atoms with Crippen molar-refractivity contribution in [3.8, 4) is 5.75 Å². The van der Waals surface area contributed by atoms with Crippen LogP contribution in [0.4, 0.5) is 5.69 Å². The number of anilines is 1. The Kier molecular flexibility index (Phi) is 6.51. The zero-order valence-electron chi connectivity index (χ0n) is 18.5. The van der Waals surface area contributed by atoms with Gasteiger partial charge in [-0.25, -0.2) is 8.42 Å².